The quantitative estimate of drug-likeness (QED) is 0.786. The van der Waals surface area contributed by atoms with Crippen molar-refractivity contribution in [3.63, 3.8) is 0 Å². The van der Waals surface area contributed by atoms with Crippen LogP contribution in [0.1, 0.15) is 41.0 Å². The van der Waals surface area contributed by atoms with Gasteiger partial charge in [0.2, 0.25) is 0 Å². The number of fused-ring (bicyclic) bond motifs is 1. The monoisotopic (exact) mass is 266 g/mol. The van der Waals surface area contributed by atoms with Gasteiger partial charge in [0.1, 0.15) is 0 Å². The molecule has 0 bridgehead atoms. The summed E-state index contributed by atoms with van der Waals surface area (Å²) in [5.41, 5.74) is 1.26. The number of nitrogens with zero attached hydrogens (tertiary/aromatic N) is 4. The zero-order valence-electron chi connectivity index (χ0n) is 11.8. The standard InChI is InChI=1S/C13H22N4S/c1-6-11-7-8-14-12-17(11)15-13(18-12)16(9(2)3)10(4)5/h7,9-10H,6,8H2,1-5H3. The summed E-state index contributed by atoms with van der Waals surface area (Å²) < 4.78 is 0. The van der Waals surface area contributed by atoms with Crippen LogP contribution in [0, 0.1) is 0 Å². The minimum atomic E-state index is 0.451. The van der Waals surface area contributed by atoms with Crippen molar-refractivity contribution < 1.29 is 0 Å². The molecule has 0 spiro atoms. The Hall–Kier alpha value is -0.970. The first kappa shape index (κ1) is 13.5. The van der Waals surface area contributed by atoms with Gasteiger partial charge < -0.3 is 4.90 Å². The van der Waals surface area contributed by atoms with Gasteiger partial charge in [0.05, 0.1) is 6.54 Å². The first-order chi connectivity index (χ1) is 8.54. The summed E-state index contributed by atoms with van der Waals surface area (Å²) in [6.45, 7) is 11.8. The fraction of sp³-hybridized carbons (Fsp3) is 0.692. The van der Waals surface area contributed by atoms with Crippen molar-refractivity contribution in [2.75, 3.05) is 6.54 Å². The van der Waals surface area contributed by atoms with Crippen molar-refractivity contribution in [2.45, 2.75) is 53.1 Å². The molecule has 100 valence electrons. The topological polar surface area (TPSA) is 31.2 Å². The molecule has 0 atom stereocenters. The van der Waals surface area contributed by atoms with E-state index in [4.69, 9.17) is 5.10 Å². The molecular weight excluding hydrogens is 244 g/mol. The third kappa shape index (κ3) is 2.41. The van der Waals surface area contributed by atoms with Gasteiger partial charge in [-0.25, -0.2) is 5.01 Å². The summed E-state index contributed by atoms with van der Waals surface area (Å²) in [5, 5.41) is 8.84. The Morgan fingerprint density at radius 1 is 1.33 bits per heavy atom. The van der Waals surface area contributed by atoms with Crippen molar-refractivity contribution in [3.05, 3.63) is 11.8 Å². The van der Waals surface area contributed by atoms with Crippen LogP contribution in [0.3, 0.4) is 0 Å². The van der Waals surface area contributed by atoms with Gasteiger partial charge >= 0.3 is 0 Å². The Morgan fingerprint density at radius 2 is 2.00 bits per heavy atom. The highest BCUT2D eigenvalue weighted by atomic mass is 32.2. The lowest BCUT2D eigenvalue weighted by Gasteiger charge is -2.31. The number of hydrogen-bond acceptors (Lipinski definition) is 5. The second-order valence-corrected chi connectivity index (χ2v) is 6.00. The zero-order chi connectivity index (χ0) is 13.3. The van der Waals surface area contributed by atoms with Crippen molar-refractivity contribution in [3.8, 4) is 0 Å². The van der Waals surface area contributed by atoms with Gasteiger partial charge in [-0.2, -0.15) is 0 Å². The maximum atomic E-state index is 4.74. The van der Waals surface area contributed by atoms with E-state index in [1.165, 1.54) is 5.70 Å². The van der Waals surface area contributed by atoms with E-state index in [1.807, 2.05) is 5.01 Å². The number of allylic oxidation sites excluding steroid dienone is 1. The van der Waals surface area contributed by atoms with E-state index in [9.17, 15) is 0 Å². The molecule has 2 heterocycles. The van der Waals surface area contributed by atoms with Crippen molar-refractivity contribution >= 4 is 22.1 Å². The zero-order valence-corrected chi connectivity index (χ0v) is 12.7. The Balaban J connectivity index is 2.24. The lowest BCUT2D eigenvalue weighted by Crippen LogP contribution is -2.40. The average molecular weight is 266 g/mol. The molecule has 0 unspecified atom stereocenters. The van der Waals surface area contributed by atoms with Gasteiger partial charge in [-0.3, -0.25) is 4.99 Å². The van der Waals surface area contributed by atoms with Gasteiger partial charge in [-0.15, -0.1) is 5.10 Å². The summed E-state index contributed by atoms with van der Waals surface area (Å²) in [7, 11) is 0. The Labute approximate surface area is 114 Å². The number of aliphatic imine (C=N–C) groups is 1. The smallest absolute Gasteiger partial charge is 0.192 e. The molecule has 0 saturated heterocycles. The second kappa shape index (κ2) is 5.34. The number of rotatable bonds is 3. The van der Waals surface area contributed by atoms with Crippen LogP contribution < -0.4 is 0 Å². The van der Waals surface area contributed by atoms with Gasteiger partial charge in [-0.1, -0.05) is 6.92 Å². The molecule has 18 heavy (non-hydrogen) atoms. The molecule has 0 radical (unpaired) electrons. The summed E-state index contributed by atoms with van der Waals surface area (Å²) in [5.74, 6) is 0. The Kier molecular flexibility index (Phi) is 4.00. The molecule has 2 aliphatic rings. The number of thioether (sulfide) groups is 1. The van der Waals surface area contributed by atoms with Crippen LogP contribution in [0.15, 0.2) is 21.9 Å². The van der Waals surface area contributed by atoms with E-state index in [0.717, 1.165) is 23.3 Å². The maximum Gasteiger partial charge on any atom is 0.192 e. The van der Waals surface area contributed by atoms with E-state index < -0.39 is 0 Å². The molecule has 0 aromatic carbocycles. The first-order valence-electron chi connectivity index (χ1n) is 6.63. The minimum absolute atomic E-state index is 0.451. The number of amidine groups is 2. The number of hydrogen-bond donors (Lipinski definition) is 0. The van der Waals surface area contributed by atoms with Crippen molar-refractivity contribution in [2.24, 2.45) is 10.1 Å². The highest BCUT2D eigenvalue weighted by Gasteiger charge is 2.32. The molecule has 5 heteroatoms. The molecule has 0 aromatic rings. The minimum Gasteiger partial charge on any atom is -0.345 e. The molecular formula is C13H22N4S. The summed E-state index contributed by atoms with van der Waals surface area (Å²) in [6.07, 6.45) is 3.16. The maximum absolute atomic E-state index is 4.74. The van der Waals surface area contributed by atoms with E-state index in [0.29, 0.717) is 12.1 Å². The SMILES string of the molecule is CCC1=CCN=C2SC(N(C(C)C)C(C)C)=NN12. The lowest BCUT2D eigenvalue weighted by atomic mass is 10.2. The predicted octanol–water partition coefficient (Wildman–Crippen LogP) is 3.09. The largest absolute Gasteiger partial charge is 0.345 e. The molecule has 0 aromatic heterocycles. The van der Waals surface area contributed by atoms with Crippen molar-refractivity contribution in [1.29, 1.82) is 0 Å². The third-order valence-corrected chi connectivity index (χ3v) is 4.03. The molecule has 4 nitrogen and oxygen atoms in total. The fourth-order valence-corrected chi connectivity index (χ4v) is 3.51. The van der Waals surface area contributed by atoms with Crippen LogP contribution in [0.25, 0.3) is 0 Å². The van der Waals surface area contributed by atoms with E-state index in [2.05, 4.69) is 50.6 Å². The summed E-state index contributed by atoms with van der Waals surface area (Å²) >= 11 is 1.69. The van der Waals surface area contributed by atoms with Gasteiger partial charge in [0, 0.05) is 17.8 Å². The van der Waals surface area contributed by atoms with Crippen LogP contribution in [0.2, 0.25) is 0 Å². The fourth-order valence-electron chi connectivity index (χ4n) is 2.31. The molecule has 0 aliphatic carbocycles. The molecule has 2 rings (SSSR count). The molecule has 2 aliphatic heterocycles. The third-order valence-electron chi connectivity index (χ3n) is 3.07. The summed E-state index contributed by atoms with van der Waals surface area (Å²) in [4.78, 5) is 6.87. The van der Waals surface area contributed by atoms with Crippen LogP contribution in [0.5, 0.6) is 0 Å². The van der Waals surface area contributed by atoms with E-state index in [-0.39, 0.29) is 0 Å². The van der Waals surface area contributed by atoms with Gasteiger partial charge in [0.25, 0.3) is 0 Å². The van der Waals surface area contributed by atoms with Crippen LogP contribution in [0.4, 0.5) is 0 Å². The van der Waals surface area contributed by atoms with E-state index in [1.54, 1.807) is 11.8 Å². The first-order valence-corrected chi connectivity index (χ1v) is 7.44. The van der Waals surface area contributed by atoms with Crippen LogP contribution in [-0.4, -0.2) is 38.9 Å². The Bertz CT molecular complexity index is 401. The Morgan fingerprint density at radius 3 is 2.56 bits per heavy atom. The van der Waals surface area contributed by atoms with E-state index >= 15 is 0 Å². The highest BCUT2D eigenvalue weighted by molar-refractivity contribution is 8.26. The molecule has 0 saturated carbocycles. The lowest BCUT2D eigenvalue weighted by molar-refractivity contribution is 0.294. The highest BCUT2D eigenvalue weighted by Crippen LogP contribution is 2.31. The normalized spacial score (nSPS) is 18.8. The summed E-state index contributed by atoms with van der Waals surface area (Å²) in [6, 6.07) is 0.902. The number of hydrazone groups is 1. The van der Waals surface area contributed by atoms with Gasteiger partial charge in [0.15, 0.2) is 10.3 Å². The molecule has 0 N–H and O–H groups in total. The predicted molar refractivity (Wildman–Crippen MR) is 79.7 cm³/mol. The molecule has 0 amide bonds. The second-order valence-electron chi connectivity index (χ2n) is 5.06. The molecule has 0 fully saturated rings. The van der Waals surface area contributed by atoms with Crippen molar-refractivity contribution in [1.82, 2.24) is 9.91 Å². The van der Waals surface area contributed by atoms with Crippen LogP contribution >= 0.6 is 11.8 Å². The average Bonchev–Trinajstić information content (AvgIpc) is 2.70. The van der Waals surface area contributed by atoms with Gasteiger partial charge in [-0.05, 0) is 52.0 Å². The van der Waals surface area contributed by atoms with Crippen LogP contribution in [-0.2, 0) is 0 Å².